The van der Waals surface area contributed by atoms with Crippen molar-refractivity contribution < 1.29 is 4.79 Å². The van der Waals surface area contributed by atoms with Crippen molar-refractivity contribution in [3.05, 3.63) is 76.2 Å². The first-order valence-electron chi connectivity index (χ1n) is 7.43. The number of carbonyl (C=O) groups is 1. The van der Waals surface area contributed by atoms with Crippen LogP contribution in [0.25, 0.3) is 6.08 Å². The number of H-pyrrole nitrogens is 1. The van der Waals surface area contributed by atoms with Crippen LogP contribution in [0.15, 0.2) is 59.5 Å². The molecular weight excluding hydrogens is 276 g/mol. The fraction of sp³-hybridized carbons (Fsp3) is 0.222. The van der Waals surface area contributed by atoms with Crippen molar-refractivity contribution in [3.63, 3.8) is 0 Å². The summed E-state index contributed by atoms with van der Waals surface area (Å²) in [5.74, 6) is 0.441. The van der Waals surface area contributed by atoms with Crippen LogP contribution in [0.4, 0.5) is 0 Å². The Morgan fingerprint density at radius 1 is 1.18 bits per heavy atom. The van der Waals surface area contributed by atoms with E-state index >= 15 is 0 Å². The van der Waals surface area contributed by atoms with Crippen LogP contribution in [0.1, 0.15) is 23.5 Å². The zero-order chi connectivity index (χ0) is 15.4. The third-order valence-electron chi connectivity index (χ3n) is 4.00. The largest absolute Gasteiger partial charge is 0.339 e. The number of amides is 1. The summed E-state index contributed by atoms with van der Waals surface area (Å²) in [6.07, 6.45) is 5.90. The molecule has 1 aromatic carbocycles. The summed E-state index contributed by atoms with van der Waals surface area (Å²) in [6, 6.07) is 13.5. The van der Waals surface area contributed by atoms with Crippen LogP contribution in [0, 0.1) is 0 Å². The number of carbonyl (C=O) groups excluding carboxylic acids is 1. The zero-order valence-electron chi connectivity index (χ0n) is 12.2. The molecule has 1 aliphatic heterocycles. The van der Waals surface area contributed by atoms with Crippen molar-refractivity contribution in [2.45, 2.75) is 12.3 Å². The number of hydrogen-bond donors (Lipinski definition) is 1. The van der Waals surface area contributed by atoms with E-state index in [1.54, 1.807) is 24.4 Å². The Morgan fingerprint density at radius 2 is 2.00 bits per heavy atom. The number of pyridine rings is 1. The van der Waals surface area contributed by atoms with Gasteiger partial charge in [-0.05, 0) is 29.7 Å². The molecule has 112 valence electrons. The van der Waals surface area contributed by atoms with E-state index in [4.69, 9.17) is 0 Å². The van der Waals surface area contributed by atoms with Gasteiger partial charge in [0.2, 0.25) is 11.5 Å². The molecule has 0 spiro atoms. The van der Waals surface area contributed by atoms with E-state index in [2.05, 4.69) is 17.1 Å². The van der Waals surface area contributed by atoms with Crippen LogP contribution in [-0.2, 0) is 4.79 Å². The molecule has 2 aromatic rings. The van der Waals surface area contributed by atoms with Crippen LogP contribution < -0.4 is 5.56 Å². The summed E-state index contributed by atoms with van der Waals surface area (Å²) in [7, 11) is 0. The van der Waals surface area contributed by atoms with Crippen molar-refractivity contribution in [2.75, 3.05) is 13.1 Å². The molecule has 0 aliphatic carbocycles. The van der Waals surface area contributed by atoms with E-state index in [9.17, 15) is 9.59 Å². The number of nitrogens with one attached hydrogen (secondary N) is 1. The lowest BCUT2D eigenvalue weighted by Gasteiger charge is -2.14. The topological polar surface area (TPSA) is 53.2 Å². The second-order valence-corrected chi connectivity index (χ2v) is 5.50. The average Bonchev–Trinajstić information content (AvgIpc) is 3.05. The Morgan fingerprint density at radius 3 is 2.73 bits per heavy atom. The normalized spacial score (nSPS) is 18.0. The third kappa shape index (κ3) is 3.34. The number of aromatic nitrogens is 1. The molecule has 1 fully saturated rings. The summed E-state index contributed by atoms with van der Waals surface area (Å²) in [4.78, 5) is 27.7. The second kappa shape index (κ2) is 6.43. The Labute approximate surface area is 129 Å². The average molecular weight is 294 g/mol. The van der Waals surface area contributed by atoms with Gasteiger partial charge in [-0.25, -0.2) is 0 Å². The van der Waals surface area contributed by atoms with E-state index in [1.165, 1.54) is 11.6 Å². The van der Waals surface area contributed by atoms with Crippen LogP contribution in [0.3, 0.4) is 0 Å². The number of aromatic amines is 1. The summed E-state index contributed by atoms with van der Waals surface area (Å²) < 4.78 is 0. The maximum Gasteiger partial charge on any atom is 0.247 e. The molecule has 2 heterocycles. The highest BCUT2D eigenvalue weighted by molar-refractivity contribution is 5.92. The van der Waals surface area contributed by atoms with Crippen molar-refractivity contribution in [3.8, 4) is 0 Å². The highest BCUT2D eigenvalue weighted by Crippen LogP contribution is 2.27. The molecule has 22 heavy (non-hydrogen) atoms. The zero-order valence-corrected chi connectivity index (χ0v) is 12.2. The van der Waals surface area contributed by atoms with Gasteiger partial charge in [0, 0.05) is 37.3 Å². The second-order valence-electron chi connectivity index (χ2n) is 5.50. The quantitative estimate of drug-likeness (QED) is 0.884. The molecule has 1 aromatic heterocycles. The molecule has 4 heteroatoms. The van der Waals surface area contributed by atoms with Gasteiger partial charge in [0.05, 0.1) is 0 Å². The Bertz CT molecular complexity index is 714. The molecule has 1 amide bonds. The van der Waals surface area contributed by atoms with Crippen molar-refractivity contribution in [1.82, 2.24) is 9.88 Å². The first-order valence-corrected chi connectivity index (χ1v) is 7.43. The molecule has 1 aliphatic rings. The molecule has 0 bridgehead atoms. The SMILES string of the molecule is O=C(/C=C/c1ccc(=O)[nH]c1)N1CCC(c2ccccc2)C1. The number of likely N-dealkylation sites (tertiary alicyclic amines) is 1. The summed E-state index contributed by atoms with van der Waals surface area (Å²) in [5.41, 5.74) is 1.96. The highest BCUT2D eigenvalue weighted by Gasteiger charge is 2.25. The van der Waals surface area contributed by atoms with E-state index in [0.717, 1.165) is 25.1 Å². The van der Waals surface area contributed by atoms with Crippen LogP contribution >= 0.6 is 0 Å². The summed E-state index contributed by atoms with van der Waals surface area (Å²) in [5, 5.41) is 0. The molecule has 0 saturated carbocycles. The predicted molar refractivity (Wildman–Crippen MR) is 86.5 cm³/mol. The monoisotopic (exact) mass is 294 g/mol. The van der Waals surface area contributed by atoms with Gasteiger partial charge in [-0.1, -0.05) is 30.3 Å². The standard InChI is InChI=1S/C18H18N2O2/c21-17-8-6-14(12-19-17)7-9-18(22)20-11-10-16(13-20)15-4-2-1-3-5-15/h1-9,12,16H,10-11,13H2,(H,19,21)/b9-7+. The van der Waals surface area contributed by atoms with Crippen molar-refractivity contribution in [1.29, 1.82) is 0 Å². The van der Waals surface area contributed by atoms with Gasteiger partial charge in [0.25, 0.3) is 0 Å². The van der Waals surface area contributed by atoms with Crippen LogP contribution in [0.5, 0.6) is 0 Å². The Balaban J connectivity index is 1.62. The minimum Gasteiger partial charge on any atom is -0.339 e. The molecular formula is C18H18N2O2. The summed E-state index contributed by atoms with van der Waals surface area (Å²) in [6.45, 7) is 1.55. The number of hydrogen-bond acceptors (Lipinski definition) is 2. The minimum absolute atomic E-state index is 0.0182. The van der Waals surface area contributed by atoms with E-state index in [0.29, 0.717) is 5.92 Å². The van der Waals surface area contributed by atoms with Gasteiger partial charge in [-0.3, -0.25) is 9.59 Å². The maximum absolute atomic E-state index is 12.2. The molecule has 1 unspecified atom stereocenters. The highest BCUT2D eigenvalue weighted by atomic mass is 16.2. The first kappa shape index (κ1) is 14.3. The lowest BCUT2D eigenvalue weighted by Crippen LogP contribution is -2.26. The Kier molecular flexibility index (Phi) is 4.19. The molecule has 1 N–H and O–H groups in total. The molecule has 1 saturated heterocycles. The lowest BCUT2D eigenvalue weighted by atomic mass is 9.99. The third-order valence-corrected chi connectivity index (χ3v) is 4.00. The lowest BCUT2D eigenvalue weighted by molar-refractivity contribution is -0.124. The van der Waals surface area contributed by atoms with Gasteiger partial charge >= 0.3 is 0 Å². The minimum atomic E-state index is -0.145. The van der Waals surface area contributed by atoms with Crippen molar-refractivity contribution in [2.24, 2.45) is 0 Å². The van der Waals surface area contributed by atoms with Gasteiger partial charge in [-0.15, -0.1) is 0 Å². The fourth-order valence-electron chi connectivity index (χ4n) is 2.76. The van der Waals surface area contributed by atoms with E-state index < -0.39 is 0 Å². The molecule has 0 radical (unpaired) electrons. The van der Waals surface area contributed by atoms with Crippen LogP contribution in [-0.4, -0.2) is 28.9 Å². The van der Waals surface area contributed by atoms with E-state index in [1.807, 2.05) is 23.1 Å². The van der Waals surface area contributed by atoms with Crippen molar-refractivity contribution >= 4 is 12.0 Å². The molecule has 4 nitrogen and oxygen atoms in total. The molecule has 1 atom stereocenters. The van der Waals surface area contributed by atoms with Gasteiger partial charge in [-0.2, -0.15) is 0 Å². The van der Waals surface area contributed by atoms with E-state index in [-0.39, 0.29) is 11.5 Å². The Hall–Kier alpha value is -2.62. The fourth-order valence-corrected chi connectivity index (χ4v) is 2.76. The predicted octanol–water partition coefficient (Wildman–Crippen LogP) is 2.40. The van der Waals surface area contributed by atoms with Gasteiger partial charge in [0.1, 0.15) is 0 Å². The smallest absolute Gasteiger partial charge is 0.247 e. The number of rotatable bonds is 3. The number of nitrogens with zero attached hydrogens (tertiary/aromatic N) is 1. The van der Waals surface area contributed by atoms with Crippen LogP contribution in [0.2, 0.25) is 0 Å². The maximum atomic E-state index is 12.2. The molecule has 3 rings (SSSR count). The summed E-state index contributed by atoms with van der Waals surface area (Å²) >= 11 is 0. The van der Waals surface area contributed by atoms with Gasteiger partial charge < -0.3 is 9.88 Å². The van der Waals surface area contributed by atoms with Gasteiger partial charge in [0.15, 0.2) is 0 Å². The first-order chi connectivity index (χ1) is 10.7. The number of benzene rings is 1.